The third kappa shape index (κ3) is 4.42. The molecule has 0 aliphatic carbocycles. The highest BCUT2D eigenvalue weighted by atomic mass is 32.2. The van der Waals surface area contributed by atoms with Gasteiger partial charge in [0, 0.05) is 11.7 Å². The molecule has 1 fully saturated rings. The summed E-state index contributed by atoms with van der Waals surface area (Å²) in [5, 5.41) is 3.28. The lowest BCUT2D eigenvalue weighted by molar-refractivity contribution is 0.242. The number of sulfone groups is 1. The maximum atomic E-state index is 11.6. The van der Waals surface area contributed by atoms with Crippen LogP contribution < -0.4 is 10.1 Å². The fourth-order valence-corrected chi connectivity index (χ4v) is 3.91. The van der Waals surface area contributed by atoms with Crippen LogP contribution in [0.3, 0.4) is 0 Å². The normalized spacial score (nSPS) is 22.2. The second kappa shape index (κ2) is 5.82. The van der Waals surface area contributed by atoms with Gasteiger partial charge in [0.25, 0.3) is 0 Å². The topological polar surface area (TPSA) is 55.4 Å². The predicted molar refractivity (Wildman–Crippen MR) is 77.5 cm³/mol. The Morgan fingerprint density at radius 2 is 1.95 bits per heavy atom. The van der Waals surface area contributed by atoms with Crippen molar-refractivity contribution in [3.05, 3.63) is 24.3 Å². The average Bonchev–Trinajstić information content (AvgIpc) is 2.30. The molecule has 1 unspecified atom stereocenters. The van der Waals surface area contributed by atoms with Crippen LogP contribution >= 0.6 is 0 Å². The Labute approximate surface area is 115 Å². The molecule has 106 valence electrons. The molecule has 5 heteroatoms. The van der Waals surface area contributed by atoms with Crippen molar-refractivity contribution in [2.75, 3.05) is 16.8 Å². The van der Waals surface area contributed by atoms with Crippen LogP contribution in [0.1, 0.15) is 26.7 Å². The van der Waals surface area contributed by atoms with Crippen molar-refractivity contribution in [1.82, 2.24) is 0 Å². The van der Waals surface area contributed by atoms with Gasteiger partial charge in [0.1, 0.15) is 5.75 Å². The van der Waals surface area contributed by atoms with Crippen LogP contribution in [-0.2, 0) is 9.84 Å². The van der Waals surface area contributed by atoms with E-state index in [1.54, 1.807) is 0 Å². The van der Waals surface area contributed by atoms with Crippen molar-refractivity contribution in [2.24, 2.45) is 0 Å². The van der Waals surface area contributed by atoms with Crippen molar-refractivity contribution in [3.8, 4) is 5.75 Å². The number of ether oxygens (including phenoxy) is 1. The molecular formula is C14H21NO3S. The highest BCUT2D eigenvalue weighted by Gasteiger charge is 2.24. The Morgan fingerprint density at radius 1 is 1.26 bits per heavy atom. The van der Waals surface area contributed by atoms with Gasteiger partial charge in [0.05, 0.1) is 17.6 Å². The molecule has 1 aliphatic rings. The van der Waals surface area contributed by atoms with E-state index in [-0.39, 0.29) is 17.9 Å². The first-order chi connectivity index (χ1) is 8.94. The summed E-state index contributed by atoms with van der Waals surface area (Å²) in [4.78, 5) is 0. The monoisotopic (exact) mass is 283 g/mol. The zero-order chi connectivity index (χ0) is 13.9. The van der Waals surface area contributed by atoms with E-state index in [0.29, 0.717) is 5.75 Å². The summed E-state index contributed by atoms with van der Waals surface area (Å²) in [6.07, 6.45) is 1.81. The van der Waals surface area contributed by atoms with Gasteiger partial charge in [-0.05, 0) is 51.0 Å². The Balaban J connectivity index is 1.96. The third-order valence-corrected chi connectivity index (χ3v) is 4.88. The molecule has 0 radical (unpaired) electrons. The molecule has 1 saturated heterocycles. The first-order valence-electron chi connectivity index (χ1n) is 6.68. The van der Waals surface area contributed by atoms with Gasteiger partial charge in [-0.1, -0.05) is 0 Å². The number of anilines is 1. The summed E-state index contributed by atoms with van der Waals surface area (Å²) in [5.74, 6) is 1.39. The summed E-state index contributed by atoms with van der Waals surface area (Å²) in [6.45, 7) is 3.97. The lowest BCUT2D eigenvalue weighted by Crippen LogP contribution is -2.34. The molecule has 1 aromatic carbocycles. The second-order valence-corrected chi connectivity index (χ2v) is 7.52. The molecule has 1 atom stereocenters. The molecule has 2 rings (SSSR count). The van der Waals surface area contributed by atoms with E-state index in [2.05, 4.69) is 5.32 Å². The summed E-state index contributed by atoms with van der Waals surface area (Å²) < 4.78 is 28.7. The van der Waals surface area contributed by atoms with Crippen LogP contribution in [0.5, 0.6) is 5.75 Å². The van der Waals surface area contributed by atoms with Gasteiger partial charge in [0.2, 0.25) is 0 Å². The van der Waals surface area contributed by atoms with E-state index >= 15 is 0 Å². The lowest BCUT2D eigenvalue weighted by Gasteiger charge is -2.24. The highest BCUT2D eigenvalue weighted by molar-refractivity contribution is 7.91. The second-order valence-electron chi connectivity index (χ2n) is 5.29. The minimum absolute atomic E-state index is 0.0237. The van der Waals surface area contributed by atoms with Crippen molar-refractivity contribution in [2.45, 2.75) is 38.8 Å². The Kier molecular flexibility index (Phi) is 4.34. The molecule has 1 N–H and O–H groups in total. The molecule has 1 aliphatic heterocycles. The predicted octanol–water partition coefficient (Wildman–Crippen LogP) is 2.46. The maximum absolute atomic E-state index is 11.6. The Bertz CT molecular complexity index is 508. The van der Waals surface area contributed by atoms with Gasteiger partial charge in [-0.25, -0.2) is 8.42 Å². The number of hydrogen-bond acceptors (Lipinski definition) is 4. The number of benzene rings is 1. The molecule has 0 aromatic heterocycles. The minimum Gasteiger partial charge on any atom is -0.491 e. The van der Waals surface area contributed by atoms with E-state index in [0.717, 1.165) is 24.3 Å². The van der Waals surface area contributed by atoms with Gasteiger partial charge >= 0.3 is 0 Å². The molecule has 0 spiro atoms. The third-order valence-electron chi connectivity index (χ3n) is 3.06. The van der Waals surface area contributed by atoms with E-state index in [1.807, 2.05) is 38.1 Å². The fraction of sp³-hybridized carbons (Fsp3) is 0.571. The van der Waals surface area contributed by atoms with E-state index in [9.17, 15) is 8.42 Å². The van der Waals surface area contributed by atoms with Crippen molar-refractivity contribution in [3.63, 3.8) is 0 Å². The Morgan fingerprint density at radius 3 is 2.53 bits per heavy atom. The van der Waals surface area contributed by atoms with Crippen LogP contribution in [-0.4, -0.2) is 32.1 Å². The Hall–Kier alpha value is -1.23. The first-order valence-corrected chi connectivity index (χ1v) is 8.50. The van der Waals surface area contributed by atoms with Crippen molar-refractivity contribution >= 4 is 15.5 Å². The molecule has 0 saturated carbocycles. The average molecular weight is 283 g/mol. The molecular weight excluding hydrogens is 262 g/mol. The van der Waals surface area contributed by atoms with Gasteiger partial charge in [-0.2, -0.15) is 0 Å². The van der Waals surface area contributed by atoms with Gasteiger partial charge in [-0.15, -0.1) is 0 Å². The van der Waals surface area contributed by atoms with E-state index in [4.69, 9.17) is 4.74 Å². The summed E-state index contributed by atoms with van der Waals surface area (Å²) in [5.41, 5.74) is 0.943. The van der Waals surface area contributed by atoms with Crippen LogP contribution in [0.2, 0.25) is 0 Å². The quantitative estimate of drug-likeness (QED) is 0.922. The van der Waals surface area contributed by atoms with Crippen LogP contribution in [0, 0.1) is 0 Å². The molecule has 1 heterocycles. The zero-order valence-electron chi connectivity index (χ0n) is 11.4. The van der Waals surface area contributed by atoms with E-state index in [1.165, 1.54) is 0 Å². The van der Waals surface area contributed by atoms with Gasteiger partial charge in [-0.3, -0.25) is 0 Å². The largest absolute Gasteiger partial charge is 0.491 e. The number of nitrogens with one attached hydrogen (secondary N) is 1. The molecule has 19 heavy (non-hydrogen) atoms. The fourth-order valence-electron chi connectivity index (χ4n) is 2.27. The van der Waals surface area contributed by atoms with Gasteiger partial charge < -0.3 is 10.1 Å². The summed E-state index contributed by atoms with van der Waals surface area (Å²) in [7, 11) is -2.86. The van der Waals surface area contributed by atoms with Crippen LogP contribution in [0.25, 0.3) is 0 Å². The van der Waals surface area contributed by atoms with Crippen LogP contribution in [0.4, 0.5) is 5.69 Å². The lowest BCUT2D eigenvalue weighted by atomic mass is 10.1. The first kappa shape index (κ1) is 14.2. The van der Waals surface area contributed by atoms with Crippen molar-refractivity contribution in [1.29, 1.82) is 0 Å². The smallest absolute Gasteiger partial charge is 0.152 e. The van der Waals surface area contributed by atoms with Crippen molar-refractivity contribution < 1.29 is 13.2 Å². The molecule has 0 amide bonds. The number of hydrogen-bond donors (Lipinski definition) is 1. The molecule has 0 bridgehead atoms. The van der Waals surface area contributed by atoms with Crippen LogP contribution in [0.15, 0.2) is 24.3 Å². The number of rotatable bonds is 4. The minimum atomic E-state index is -2.86. The molecule has 1 aromatic rings. The summed E-state index contributed by atoms with van der Waals surface area (Å²) in [6, 6.07) is 7.69. The SMILES string of the molecule is CC(C)Oc1ccc(NC2CCCS(=O)(=O)C2)cc1. The summed E-state index contributed by atoms with van der Waals surface area (Å²) >= 11 is 0. The van der Waals surface area contributed by atoms with E-state index < -0.39 is 9.84 Å². The molecule has 4 nitrogen and oxygen atoms in total. The van der Waals surface area contributed by atoms with Gasteiger partial charge in [0.15, 0.2) is 9.84 Å². The highest BCUT2D eigenvalue weighted by Crippen LogP contribution is 2.20. The zero-order valence-corrected chi connectivity index (χ0v) is 12.2. The standard InChI is InChI=1S/C14H21NO3S/c1-11(2)18-14-7-5-12(6-8-14)15-13-4-3-9-19(16,17)10-13/h5-8,11,13,15H,3-4,9-10H2,1-2H3. The maximum Gasteiger partial charge on any atom is 0.152 e.